The van der Waals surface area contributed by atoms with E-state index in [-0.39, 0.29) is 20.1 Å². The standard InChI is InChI=1S/C24H23ClF3N3O4S2/c1-14(32)30-19-6-4-3-5-16(19)17-12-21(36-22(17)25)37(33,34)31-15-7-8-18(24(26,27)28)20(11-15)35-23(2)9-10-29-13-23/h3-8,11-12,29,31H,9-10,13H2,1-2H3,(H,30,32)/t23-/m1/s1. The fraction of sp³-hybridized carbons (Fsp3) is 0.292. The summed E-state index contributed by atoms with van der Waals surface area (Å²) in [6.07, 6.45) is -4.19. The Bertz CT molecular complexity index is 1440. The van der Waals surface area contributed by atoms with E-state index in [1.807, 2.05) is 0 Å². The molecule has 2 heterocycles. The van der Waals surface area contributed by atoms with Crippen LogP contribution in [0.25, 0.3) is 11.1 Å². The first-order chi connectivity index (χ1) is 17.3. The number of carbonyl (C=O) groups excluding carboxylic acids is 1. The van der Waals surface area contributed by atoms with Gasteiger partial charge in [0.05, 0.1) is 11.3 Å². The van der Waals surface area contributed by atoms with E-state index in [0.29, 0.717) is 36.3 Å². The minimum Gasteiger partial charge on any atom is -0.485 e. The maximum atomic E-state index is 13.6. The van der Waals surface area contributed by atoms with Gasteiger partial charge in [0.25, 0.3) is 10.0 Å². The molecule has 0 unspecified atom stereocenters. The number of para-hydroxylation sites is 1. The lowest BCUT2D eigenvalue weighted by Crippen LogP contribution is -2.35. The molecule has 1 aliphatic heterocycles. The Hall–Kier alpha value is -2.80. The zero-order valence-electron chi connectivity index (χ0n) is 19.7. The van der Waals surface area contributed by atoms with Crippen LogP contribution < -0.4 is 20.1 Å². The van der Waals surface area contributed by atoms with Gasteiger partial charge >= 0.3 is 6.18 Å². The van der Waals surface area contributed by atoms with Gasteiger partial charge in [-0.3, -0.25) is 9.52 Å². The first-order valence-corrected chi connectivity index (χ1v) is 13.8. The Labute approximate surface area is 221 Å². The molecule has 37 heavy (non-hydrogen) atoms. The summed E-state index contributed by atoms with van der Waals surface area (Å²) in [5, 5.41) is 5.72. The van der Waals surface area contributed by atoms with Crippen LogP contribution in [0.15, 0.2) is 52.7 Å². The number of hydrogen-bond donors (Lipinski definition) is 3. The predicted octanol–water partition coefficient (Wildman–Crippen LogP) is 5.98. The van der Waals surface area contributed by atoms with Gasteiger partial charge in [-0.1, -0.05) is 29.8 Å². The summed E-state index contributed by atoms with van der Waals surface area (Å²) in [7, 11) is -4.22. The first kappa shape index (κ1) is 27.2. The number of hydrogen-bond acceptors (Lipinski definition) is 6. The summed E-state index contributed by atoms with van der Waals surface area (Å²) in [5.41, 5.74) is -0.610. The predicted molar refractivity (Wildman–Crippen MR) is 138 cm³/mol. The molecule has 1 aliphatic rings. The lowest BCUT2D eigenvalue weighted by molar-refractivity contribution is -0.139. The van der Waals surface area contributed by atoms with Crippen LogP contribution in [0.4, 0.5) is 24.5 Å². The third-order valence-electron chi connectivity index (χ3n) is 5.68. The van der Waals surface area contributed by atoms with E-state index < -0.39 is 33.1 Å². The lowest BCUT2D eigenvalue weighted by Gasteiger charge is -2.27. The summed E-state index contributed by atoms with van der Waals surface area (Å²) in [6.45, 7) is 3.99. The normalized spacial score (nSPS) is 18.0. The van der Waals surface area contributed by atoms with Gasteiger partial charge in [0.1, 0.15) is 19.9 Å². The molecule has 3 aromatic rings. The van der Waals surface area contributed by atoms with Gasteiger partial charge in [-0.25, -0.2) is 8.42 Å². The first-order valence-electron chi connectivity index (χ1n) is 11.1. The van der Waals surface area contributed by atoms with Crippen LogP contribution in [0.3, 0.4) is 0 Å². The maximum absolute atomic E-state index is 13.6. The van der Waals surface area contributed by atoms with Crippen molar-refractivity contribution < 1.29 is 31.1 Å². The second-order valence-electron chi connectivity index (χ2n) is 8.77. The minimum atomic E-state index is -4.69. The molecule has 1 atom stereocenters. The highest BCUT2D eigenvalue weighted by Gasteiger charge is 2.38. The molecular weight excluding hydrogens is 551 g/mol. The van der Waals surface area contributed by atoms with Gasteiger partial charge in [0.2, 0.25) is 5.91 Å². The molecule has 0 radical (unpaired) electrons. The molecule has 13 heteroatoms. The van der Waals surface area contributed by atoms with Gasteiger partial charge < -0.3 is 15.4 Å². The molecular formula is C24H23ClF3N3O4S2. The number of anilines is 2. The molecule has 198 valence electrons. The van der Waals surface area contributed by atoms with Gasteiger partial charge in [-0.2, -0.15) is 13.2 Å². The van der Waals surface area contributed by atoms with Crippen LogP contribution in [0.5, 0.6) is 5.75 Å². The van der Waals surface area contributed by atoms with E-state index in [4.69, 9.17) is 16.3 Å². The van der Waals surface area contributed by atoms with Gasteiger partial charge in [0.15, 0.2) is 0 Å². The van der Waals surface area contributed by atoms with Crippen LogP contribution in [0.2, 0.25) is 4.34 Å². The number of rotatable bonds is 7. The highest BCUT2D eigenvalue weighted by Crippen LogP contribution is 2.43. The molecule has 1 saturated heterocycles. The number of nitrogens with one attached hydrogen (secondary N) is 3. The van der Waals surface area contributed by atoms with Gasteiger partial charge in [-0.15, -0.1) is 11.3 Å². The molecule has 1 amide bonds. The summed E-state index contributed by atoms with van der Waals surface area (Å²) in [5.74, 6) is -0.774. The van der Waals surface area contributed by atoms with Gasteiger partial charge in [-0.05, 0) is 37.7 Å². The van der Waals surface area contributed by atoms with E-state index in [0.717, 1.165) is 29.5 Å². The summed E-state index contributed by atoms with van der Waals surface area (Å²) < 4.78 is 75.3. The smallest absolute Gasteiger partial charge is 0.419 e. The molecule has 1 fully saturated rings. The van der Waals surface area contributed by atoms with Crippen LogP contribution in [-0.4, -0.2) is 33.0 Å². The highest BCUT2D eigenvalue weighted by atomic mass is 35.5. The van der Waals surface area contributed by atoms with Crippen molar-refractivity contribution in [2.24, 2.45) is 0 Å². The number of amides is 1. The number of halogens is 4. The third kappa shape index (κ3) is 6.20. The largest absolute Gasteiger partial charge is 0.485 e. The second kappa shape index (κ2) is 10.2. The number of ether oxygens (including phenoxy) is 1. The monoisotopic (exact) mass is 573 g/mol. The topological polar surface area (TPSA) is 96.5 Å². The molecule has 0 aliphatic carbocycles. The fourth-order valence-corrected chi connectivity index (χ4v) is 6.74. The van der Waals surface area contributed by atoms with Crippen molar-refractivity contribution in [3.8, 4) is 16.9 Å². The Balaban J connectivity index is 1.66. The van der Waals surface area contributed by atoms with Crippen LogP contribution in [-0.2, 0) is 21.0 Å². The van der Waals surface area contributed by atoms with Crippen molar-refractivity contribution in [1.82, 2.24) is 5.32 Å². The Morgan fingerprint density at radius 3 is 2.54 bits per heavy atom. The minimum absolute atomic E-state index is 0.0951. The lowest BCUT2D eigenvalue weighted by atomic mass is 10.1. The molecule has 0 bridgehead atoms. The van der Waals surface area contributed by atoms with E-state index in [1.165, 1.54) is 13.0 Å². The molecule has 2 aromatic carbocycles. The molecule has 7 nitrogen and oxygen atoms in total. The summed E-state index contributed by atoms with van der Waals surface area (Å²) >= 11 is 7.15. The second-order valence-corrected chi connectivity index (χ2v) is 12.3. The zero-order chi connectivity index (χ0) is 27.0. The van der Waals surface area contributed by atoms with Crippen molar-refractivity contribution in [3.05, 3.63) is 58.4 Å². The molecule has 0 spiro atoms. The Morgan fingerprint density at radius 1 is 1.16 bits per heavy atom. The third-order valence-corrected chi connectivity index (χ3v) is 8.90. The Morgan fingerprint density at radius 2 is 1.89 bits per heavy atom. The molecule has 1 aromatic heterocycles. The van der Waals surface area contributed by atoms with Crippen molar-refractivity contribution in [2.45, 2.75) is 36.3 Å². The maximum Gasteiger partial charge on any atom is 0.419 e. The van der Waals surface area contributed by atoms with Gasteiger partial charge in [0, 0.05) is 42.8 Å². The van der Waals surface area contributed by atoms with E-state index in [1.54, 1.807) is 31.2 Å². The molecule has 3 N–H and O–H groups in total. The van der Waals surface area contributed by atoms with E-state index >= 15 is 0 Å². The molecule has 4 rings (SSSR count). The van der Waals surface area contributed by atoms with Crippen molar-refractivity contribution in [1.29, 1.82) is 0 Å². The quantitative estimate of drug-likeness (QED) is 0.323. The van der Waals surface area contributed by atoms with Crippen molar-refractivity contribution in [2.75, 3.05) is 23.1 Å². The fourth-order valence-electron chi connectivity index (χ4n) is 3.94. The average Bonchev–Trinajstić information content (AvgIpc) is 3.39. The number of alkyl halides is 3. The Kier molecular flexibility index (Phi) is 7.48. The van der Waals surface area contributed by atoms with Crippen LogP contribution >= 0.6 is 22.9 Å². The summed E-state index contributed by atoms with van der Waals surface area (Å²) in [4.78, 5) is 11.6. The van der Waals surface area contributed by atoms with Crippen molar-refractivity contribution in [3.63, 3.8) is 0 Å². The number of thiophene rings is 1. The molecule has 0 saturated carbocycles. The number of sulfonamides is 1. The van der Waals surface area contributed by atoms with E-state index in [9.17, 15) is 26.4 Å². The zero-order valence-corrected chi connectivity index (χ0v) is 22.1. The van der Waals surface area contributed by atoms with Crippen LogP contribution in [0.1, 0.15) is 25.8 Å². The van der Waals surface area contributed by atoms with E-state index in [2.05, 4.69) is 15.4 Å². The SMILES string of the molecule is CC(=O)Nc1ccccc1-c1cc(S(=O)(=O)Nc2ccc(C(F)(F)F)c(O[C@]3(C)CCNC3)c2)sc1Cl. The average molecular weight is 574 g/mol. The highest BCUT2D eigenvalue weighted by molar-refractivity contribution is 7.94. The number of benzene rings is 2. The number of carbonyl (C=O) groups is 1. The van der Waals surface area contributed by atoms with Crippen LogP contribution in [0, 0.1) is 0 Å². The van der Waals surface area contributed by atoms with Crippen molar-refractivity contribution >= 4 is 50.2 Å². The summed E-state index contributed by atoms with van der Waals surface area (Å²) in [6, 6.07) is 11.0.